The molecule has 0 aliphatic rings. The third kappa shape index (κ3) is 2.14. The van der Waals surface area contributed by atoms with E-state index in [1.54, 1.807) is 11.4 Å². The van der Waals surface area contributed by atoms with E-state index >= 15 is 0 Å². The summed E-state index contributed by atoms with van der Waals surface area (Å²) in [5, 5.41) is 10.2. The van der Waals surface area contributed by atoms with E-state index < -0.39 is 0 Å². The number of benzene rings is 1. The Kier molecular flexibility index (Phi) is 2.76. The molecule has 0 fully saturated rings. The molecule has 0 spiro atoms. The third-order valence-corrected chi connectivity index (χ3v) is 1.54. The van der Waals surface area contributed by atoms with Gasteiger partial charge in [0.15, 0.2) is 0 Å². The third-order valence-electron chi connectivity index (χ3n) is 1.38. The van der Waals surface area contributed by atoms with Crippen molar-refractivity contribution in [3.63, 3.8) is 0 Å². The minimum Gasteiger partial charge on any atom is -0.192 e. The average Bonchev–Trinajstić information content (AvgIpc) is 2.06. The molecule has 1 nitrogen and oxygen atoms in total. The maximum atomic E-state index is 8.54. The number of hydrogen-bond acceptors (Lipinski definition) is 2. The monoisotopic (exact) mass is 161 g/mol. The molecule has 54 valence electrons. The van der Waals surface area contributed by atoms with Crippen LogP contribution in [0, 0.1) is 11.3 Å². The fraction of sp³-hybridized carbons (Fsp3) is 0.111. The van der Waals surface area contributed by atoms with E-state index in [1.165, 1.54) is 0 Å². The standard InChI is InChI=1S/C9H7NS/c10-7-9-3-1-2-8(6-9)4-5-11/h1-3,5-6H,4H2. The van der Waals surface area contributed by atoms with Crippen molar-refractivity contribution >= 4 is 17.6 Å². The first-order valence-corrected chi connectivity index (χ1v) is 3.76. The summed E-state index contributed by atoms with van der Waals surface area (Å²) in [6.45, 7) is 0. The summed E-state index contributed by atoms with van der Waals surface area (Å²) < 4.78 is 0. The topological polar surface area (TPSA) is 23.8 Å². The normalized spacial score (nSPS) is 8.64. The summed E-state index contributed by atoms with van der Waals surface area (Å²) in [5.41, 5.74) is 1.79. The molecule has 1 rings (SSSR count). The zero-order valence-corrected chi connectivity index (χ0v) is 6.77. The van der Waals surface area contributed by atoms with Crippen molar-refractivity contribution in [3.05, 3.63) is 35.4 Å². The molecule has 1 aromatic carbocycles. The lowest BCUT2D eigenvalue weighted by atomic mass is 10.1. The highest BCUT2D eigenvalue weighted by Gasteiger charge is 1.91. The van der Waals surface area contributed by atoms with E-state index in [-0.39, 0.29) is 0 Å². The summed E-state index contributed by atoms with van der Waals surface area (Å²) in [4.78, 5) is 0. The second-order valence-corrected chi connectivity index (χ2v) is 2.52. The van der Waals surface area contributed by atoms with E-state index in [0.717, 1.165) is 12.0 Å². The molecule has 0 bridgehead atoms. The summed E-state index contributed by atoms with van der Waals surface area (Å²) in [7, 11) is 0. The second kappa shape index (κ2) is 3.85. The highest BCUT2D eigenvalue weighted by molar-refractivity contribution is 7.78. The molecule has 0 N–H and O–H groups in total. The zero-order valence-electron chi connectivity index (χ0n) is 5.95. The van der Waals surface area contributed by atoms with Gasteiger partial charge in [-0.1, -0.05) is 24.4 Å². The first kappa shape index (κ1) is 7.90. The average molecular weight is 161 g/mol. The first-order valence-electron chi connectivity index (χ1n) is 3.29. The molecule has 0 saturated heterocycles. The van der Waals surface area contributed by atoms with Gasteiger partial charge in [-0.05, 0) is 23.1 Å². The minimum absolute atomic E-state index is 0.694. The first-order chi connectivity index (χ1) is 5.36. The van der Waals surface area contributed by atoms with Gasteiger partial charge in [-0.2, -0.15) is 5.26 Å². The van der Waals surface area contributed by atoms with Gasteiger partial charge in [0.1, 0.15) is 0 Å². The smallest absolute Gasteiger partial charge is 0.0991 e. The molecule has 2 heteroatoms. The maximum absolute atomic E-state index is 8.54. The van der Waals surface area contributed by atoms with Crippen LogP contribution in [0.5, 0.6) is 0 Å². The van der Waals surface area contributed by atoms with Crippen LogP contribution < -0.4 is 0 Å². The van der Waals surface area contributed by atoms with Crippen molar-refractivity contribution < 1.29 is 0 Å². The van der Waals surface area contributed by atoms with Gasteiger partial charge in [0.25, 0.3) is 0 Å². The van der Waals surface area contributed by atoms with Crippen LogP contribution in [0.25, 0.3) is 0 Å². The van der Waals surface area contributed by atoms with Crippen LogP contribution in [-0.4, -0.2) is 5.37 Å². The van der Waals surface area contributed by atoms with Gasteiger partial charge < -0.3 is 0 Å². The van der Waals surface area contributed by atoms with Gasteiger partial charge in [-0.25, -0.2) is 0 Å². The van der Waals surface area contributed by atoms with Crippen molar-refractivity contribution in [2.45, 2.75) is 6.42 Å². The summed E-state index contributed by atoms with van der Waals surface area (Å²) in [6, 6.07) is 9.54. The van der Waals surface area contributed by atoms with Gasteiger partial charge >= 0.3 is 0 Å². The molecule has 0 aliphatic carbocycles. The Bertz CT molecular complexity index is 299. The summed E-state index contributed by atoms with van der Waals surface area (Å²) >= 11 is 4.71. The molecule has 0 heterocycles. The molecule has 11 heavy (non-hydrogen) atoms. The molecule has 0 radical (unpaired) electrons. The van der Waals surface area contributed by atoms with Gasteiger partial charge in [0, 0.05) is 6.42 Å². The maximum Gasteiger partial charge on any atom is 0.0991 e. The van der Waals surface area contributed by atoms with E-state index in [9.17, 15) is 0 Å². The molecule has 0 aromatic heterocycles. The number of thiocarbonyl (C=S) groups is 1. The van der Waals surface area contributed by atoms with E-state index in [2.05, 4.69) is 6.07 Å². The predicted octanol–water partition coefficient (Wildman–Crippen LogP) is 2.10. The lowest BCUT2D eigenvalue weighted by Gasteiger charge is -1.94. The summed E-state index contributed by atoms with van der Waals surface area (Å²) in [6.07, 6.45) is 0.755. The lowest BCUT2D eigenvalue weighted by Crippen LogP contribution is -1.84. The second-order valence-electron chi connectivity index (χ2n) is 2.18. The lowest BCUT2D eigenvalue weighted by molar-refractivity contribution is 1.36. The van der Waals surface area contributed by atoms with Gasteiger partial charge in [-0.15, -0.1) is 0 Å². The Hall–Kier alpha value is -1.20. The molecule has 0 aliphatic heterocycles. The van der Waals surface area contributed by atoms with Crippen molar-refractivity contribution in [3.8, 4) is 6.07 Å². The summed E-state index contributed by atoms with van der Waals surface area (Å²) in [5.74, 6) is 0. The van der Waals surface area contributed by atoms with Crippen LogP contribution >= 0.6 is 12.2 Å². The molecular formula is C9H7NS. The molecule has 0 saturated carbocycles. The van der Waals surface area contributed by atoms with Crippen LogP contribution in [0.3, 0.4) is 0 Å². The van der Waals surface area contributed by atoms with Gasteiger partial charge in [0.2, 0.25) is 0 Å². The molecule has 0 unspecified atom stereocenters. The minimum atomic E-state index is 0.694. The van der Waals surface area contributed by atoms with Crippen LogP contribution in [0.4, 0.5) is 0 Å². The molecule has 1 aromatic rings. The van der Waals surface area contributed by atoms with Crippen LogP contribution in [0.1, 0.15) is 11.1 Å². The van der Waals surface area contributed by atoms with Gasteiger partial charge in [-0.3, -0.25) is 0 Å². The molecular weight excluding hydrogens is 154 g/mol. The number of nitrogens with zero attached hydrogens (tertiary/aromatic N) is 1. The van der Waals surface area contributed by atoms with E-state index in [0.29, 0.717) is 5.56 Å². The largest absolute Gasteiger partial charge is 0.192 e. The fourth-order valence-electron chi connectivity index (χ4n) is 0.864. The molecule has 0 amide bonds. The van der Waals surface area contributed by atoms with Crippen molar-refractivity contribution in [2.24, 2.45) is 0 Å². The highest BCUT2D eigenvalue weighted by atomic mass is 32.1. The van der Waals surface area contributed by atoms with Crippen LogP contribution in [0.2, 0.25) is 0 Å². The van der Waals surface area contributed by atoms with E-state index in [4.69, 9.17) is 17.5 Å². The predicted molar refractivity (Wildman–Crippen MR) is 48.5 cm³/mol. The van der Waals surface area contributed by atoms with E-state index in [1.807, 2.05) is 18.2 Å². The van der Waals surface area contributed by atoms with Crippen molar-refractivity contribution in [2.75, 3.05) is 0 Å². The van der Waals surface area contributed by atoms with Crippen LogP contribution in [-0.2, 0) is 6.42 Å². The highest BCUT2D eigenvalue weighted by Crippen LogP contribution is 2.03. The van der Waals surface area contributed by atoms with Crippen molar-refractivity contribution in [1.82, 2.24) is 0 Å². The van der Waals surface area contributed by atoms with Gasteiger partial charge in [0.05, 0.1) is 11.6 Å². The zero-order chi connectivity index (χ0) is 8.10. The Morgan fingerprint density at radius 1 is 1.55 bits per heavy atom. The number of nitriles is 1. The quantitative estimate of drug-likeness (QED) is 0.620. The number of hydrogen-bond donors (Lipinski definition) is 0. The Labute approximate surface area is 71.3 Å². The Balaban J connectivity index is 2.93. The SMILES string of the molecule is N#Cc1cccc(CC=S)c1. The van der Waals surface area contributed by atoms with Crippen LogP contribution in [0.15, 0.2) is 24.3 Å². The Morgan fingerprint density at radius 2 is 2.36 bits per heavy atom. The number of rotatable bonds is 2. The fourth-order valence-corrected chi connectivity index (χ4v) is 1.06. The Morgan fingerprint density at radius 3 is 3.00 bits per heavy atom. The van der Waals surface area contributed by atoms with Crippen molar-refractivity contribution in [1.29, 1.82) is 5.26 Å². The molecule has 0 atom stereocenters.